The van der Waals surface area contributed by atoms with Gasteiger partial charge in [-0.2, -0.15) is 0 Å². The van der Waals surface area contributed by atoms with Crippen molar-refractivity contribution >= 4 is 22.4 Å². The number of piperidine rings is 1. The van der Waals surface area contributed by atoms with E-state index >= 15 is 0 Å². The second kappa shape index (κ2) is 12.3. The zero-order chi connectivity index (χ0) is 21.9. The quantitative estimate of drug-likeness (QED) is 0.461. The lowest BCUT2D eigenvalue weighted by Crippen LogP contribution is -2.51. The number of nitrogens with one attached hydrogen (secondary N) is 2. The summed E-state index contributed by atoms with van der Waals surface area (Å²) in [6.45, 7) is 5.31. The van der Waals surface area contributed by atoms with Gasteiger partial charge in [-0.05, 0) is 37.5 Å². The van der Waals surface area contributed by atoms with E-state index in [-0.39, 0.29) is 0 Å². The molecule has 1 saturated heterocycles. The number of para-hydroxylation sites is 2. The van der Waals surface area contributed by atoms with E-state index < -0.39 is 10.8 Å². The number of anilines is 1. The molecular weight excluding hydrogens is 408 g/mol. The van der Waals surface area contributed by atoms with Crippen LogP contribution >= 0.6 is 0 Å². The molecule has 2 aromatic rings. The third-order valence-corrected chi connectivity index (χ3v) is 6.58. The van der Waals surface area contributed by atoms with E-state index in [9.17, 15) is 4.21 Å². The highest BCUT2D eigenvalue weighted by atomic mass is 32.2. The lowest BCUT2D eigenvalue weighted by atomic mass is 10.0. The number of benzene rings is 2. The Bertz CT molecular complexity index is 860. The lowest BCUT2D eigenvalue weighted by Gasteiger charge is -2.36. The Labute approximate surface area is 188 Å². The van der Waals surface area contributed by atoms with Crippen LogP contribution in [0.25, 0.3) is 0 Å². The van der Waals surface area contributed by atoms with Crippen molar-refractivity contribution in [2.75, 3.05) is 43.9 Å². The molecule has 31 heavy (non-hydrogen) atoms. The van der Waals surface area contributed by atoms with Gasteiger partial charge in [0.05, 0.1) is 19.3 Å². The average molecular weight is 443 g/mol. The van der Waals surface area contributed by atoms with Gasteiger partial charge in [-0.15, -0.1) is 0 Å². The first-order valence-corrected chi connectivity index (χ1v) is 12.5. The topological polar surface area (TPSA) is 66.0 Å². The summed E-state index contributed by atoms with van der Waals surface area (Å²) in [5, 5.41) is 6.90. The SMILES string of the molecule is CCNC(=NCCS(=O)Cc1ccccc1)NC1CCCN(c2ccccc2OC)C1. The summed E-state index contributed by atoms with van der Waals surface area (Å²) >= 11 is 0. The minimum Gasteiger partial charge on any atom is -0.495 e. The van der Waals surface area contributed by atoms with Crippen molar-refractivity contribution in [3.8, 4) is 5.75 Å². The first kappa shape index (κ1) is 23.1. The fourth-order valence-electron chi connectivity index (χ4n) is 3.81. The van der Waals surface area contributed by atoms with Crippen LogP contribution in [0.15, 0.2) is 59.6 Å². The number of methoxy groups -OCH3 is 1. The van der Waals surface area contributed by atoms with E-state index in [0.717, 1.165) is 55.4 Å². The van der Waals surface area contributed by atoms with Crippen LogP contribution in [-0.4, -0.2) is 55.3 Å². The zero-order valence-electron chi connectivity index (χ0n) is 18.5. The third-order valence-electron chi connectivity index (χ3n) is 5.29. The van der Waals surface area contributed by atoms with Crippen molar-refractivity contribution in [2.24, 2.45) is 4.99 Å². The highest BCUT2D eigenvalue weighted by Gasteiger charge is 2.22. The molecule has 1 aliphatic heterocycles. The largest absolute Gasteiger partial charge is 0.495 e. The van der Waals surface area contributed by atoms with Gasteiger partial charge in [0.25, 0.3) is 0 Å². The smallest absolute Gasteiger partial charge is 0.191 e. The number of ether oxygens (including phenoxy) is 1. The van der Waals surface area contributed by atoms with Gasteiger partial charge >= 0.3 is 0 Å². The van der Waals surface area contributed by atoms with E-state index in [0.29, 0.717) is 24.1 Å². The Balaban J connectivity index is 1.54. The van der Waals surface area contributed by atoms with Crippen LogP contribution in [-0.2, 0) is 16.6 Å². The molecule has 7 heteroatoms. The molecule has 1 fully saturated rings. The van der Waals surface area contributed by atoms with Gasteiger partial charge in [-0.3, -0.25) is 9.20 Å². The summed E-state index contributed by atoms with van der Waals surface area (Å²) in [5.41, 5.74) is 2.24. The minimum absolute atomic E-state index is 0.297. The molecule has 2 aromatic carbocycles. The molecule has 6 nitrogen and oxygen atoms in total. The van der Waals surface area contributed by atoms with Crippen molar-refractivity contribution in [3.05, 3.63) is 60.2 Å². The van der Waals surface area contributed by atoms with Crippen molar-refractivity contribution in [1.82, 2.24) is 10.6 Å². The Morgan fingerprint density at radius 3 is 2.74 bits per heavy atom. The lowest BCUT2D eigenvalue weighted by molar-refractivity contribution is 0.408. The summed E-state index contributed by atoms with van der Waals surface area (Å²) in [6, 6.07) is 18.4. The van der Waals surface area contributed by atoms with Crippen LogP contribution in [0.5, 0.6) is 5.75 Å². The fraction of sp³-hybridized carbons (Fsp3) is 0.458. The van der Waals surface area contributed by atoms with Crippen molar-refractivity contribution in [3.63, 3.8) is 0 Å². The van der Waals surface area contributed by atoms with E-state index in [4.69, 9.17) is 4.74 Å². The predicted octanol–water partition coefficient (Wildman–Crippen LogP) is 3.17. The highest BCUT2D eigenvalue weighted by Crippen LogP contribution is 2.29. The zero-order valence-corrected chi connectivity index (χ0v) is 19.4. The third kappa shape index (κ3) is 7.28. The summed E-state index contributed by atoms with van der Waals surface area (Å²) < 4.78 is 17.9. The fourth-order valence-corrected chi connectivity index (χ4v) is 4.81. The second-order valence-corrected chi connectivity index (χ2v) is 9.21. The molecule has 2 atom stereocenters. The molecule has 0 spiro atoms. The van der Waals surface area contributed by atoms with Gasteiger partial charge in [0.15, 0.2) is 5.96 Å². The van der Waals surface area contributed by atoms with Gasteiger partial charge in [0.2, 0.25) is 0 Å². The first-order valence-electron chi connectivity index (χ1n) is 11.0. The van der Waals surface area contributed by atoms with Crippen LogP contribution in [0.1, 0.15) is 25.3 Å². The maximum Gasteiger partial charge on any atom is 0.191 e. The molecule has 3 rings (SSSR count). The number of nitrogens with zero attached hydrogens (tertiary/aromatic N) is 2. The van der Waals surface area contributed by atoms with Crippen LogP contribution < -0.4 is 20.3 Å². The Morgan fingerprint density at radius 2 is 1.97 bits per heavy atom. The van der Waals surface area contributed by atoms with E-state index in [1.54, 1.807) is 7.11 Å². The van der Waals surface area contributed by atoms with E-state index in [1.807, 2.05) is 42.5 Å². The molecule has 0 aromatic heterocycles. The van der Waals surface area contributed by atoms with Crippen LogP contribution in [0, 0.1) is 0 Å². The van der Waals surface area contributed by atoms with Gasteiger partial charge in [-0.1, -0.05) is 42.5 Å². The number of hydrogen-bond donors (Lipinski definition) is 2. The van der Waals surface area contributed by atoms with Crippen molar-refractivity contribution in [1.29, 1.82) is 0 Å². The maximum atomic E-state index is 12.4. The first-order chi connectivity index (χ1) is 15.2. The van der Waals surface area contributed by atoms with Crippen LogP contribution in [0.3, 0.4) is 0 Å². The molecule has 168 valence electrons. The standard InChI is InChI=1S/C24H34N4O2S/c1-3-25-24(26-15-17-31(29)19-20-10-5-4-6-11-20)27-21-12-9-16-28(18-21)22-13-7-8-14-23(22)30-2/h4-8,10-11,13-14,21H,3,9,12,15-19H2,1-2H3,(H2,25,26,27). The monoisotopic (exact) mass is 442 g/mol. The van der Waals surface area contributed by atoms with E-state index in [1.165, 1.54) is 0 Å². The number of aliphatic imine (C=N–C) groups is 1. The van der Waals surface area contributed by atoms with Crippen molar-refractivity contribution in [2.45, 2.75) is 31.6 Å². The van der Waals surface area contributed by atoms with Gasteiger partial charge in [0, 0.05) is 48.0 Å². The molecule has 1 aliphatic rings. The van der Waals surface area contributed by atoms with Crippen LogP contribution in [0.4, 0.5) is 5.69 Å². The summed E-state index contributed by atoms with van der Waals surface area (Å²) in [6.07, 6.45) is 2.20. The normalized spacial score (nSPS) is 17.8. The summed E-state index contributed by atoms with van der Waals surface area (Å²) in [7, 11) is 0.801. The summed E-state index contributed by atoms with van der Waals surface area (Å²) in [5.74, 6) is 2.84. The summed E-state index contributed by atoms with van der Waals surface area (Å²) in [4.78, 5) is 7.05. The molecule has 0 bridgehead atoms. The van der Waals surface area contributed by atoms with Crippen molar-refractivity contribution < 1.29 is 8.95 Å². The maximum absolute atomic E-state index is 12.4. The molecule has 0 radical (unpaired) electrons. The van der Waals surface area contributed by atoms with Gasteiger partial charge < -0.3 is 20.3 Å². The molecule has 0 aliphatic carbocycles. The Kier molecular flexibility index (Phi) is 9.21. The number of guanidine groups is 1. The minimum atomic E-state index is -0.917. The molecule has 0 saturated carbocycles. The Morgan fingerprint density at radius 1 is 1.19 bits per heavy atom. The number of hydrogen-bond acceptors (Lipinski definition) is 4. The molecule has 0 amide bonds. The molecular formula is C24H34N4O2S. The van der Waals surface area contributed by atoms with Crippen LogP contribution in [0.2, 0.25) is 0 Å². The Hall–Kier alpha value is -2.54. The van der Waals surface area contributed by atoms with Gasteiger partial charge in [0.1, 0.15) is 5.75 Å². The molecule has 1 heterocycles. The average Bonchev–Trinajstić information content (AvgIpc) is 2.80. The highest BCUT2D eigenvalue weighted by molar-refractivity contribution is 7.84. The second-order valence-electron chi connectivity index (χ2n) is 7.64. The molecule has 2 N–H and O–H groups in total. The predicted molar refractivity (Wildman–Crippen MR) is 130 cm³/mol. The van der Waals surface area contributed by atoms with Gasteiger partial charge in [-0.25, -0.2) is 0 Å². The number of rotatable bonds is 9. The molecule has 2 unspecified atom stereocenters. The van der Waals surface area contributed by atoms with E-state index in [2.05, 4.69) is 39.6 Å².